The van der Waals surface area contributed by atoms with E-state index < -0.39 is 0 Å². The number of hydrogen-bond donors (Lipinski definition) is 0. The van der Waals surface area contributed by atoms with Crippen LogP contribution in [-0.2, 0) is 0 Å². The number of halogens is 1. The summed E-state index contributed by atoms with van der Waals surface area (Å²) >= 11 is 3.41. The van der Waals surface area contributed by atoms with Crippen molar-refractivity contribution >= 4 is 15.9 Å². The Morgan fingerprint density at radius 2 is 1.81 bits per heavy atom. The molecule has 1 fully saturated rings. The van der Waals surface area contributed by atoms with Crippen molar-refractivity contribution in [3.8, 4) is 5.75 Å². The fourth-order valence-corrected chi connectivity index (χ4v) is 2.28. The molecule has 1 saturated heterocycles. The van der Waals surface area contributed by atoms with Crippen molar-refractivity contribution in [1.29, 1.82) is 0 Å². The maximum absolute atomic E-state index is 5.67. The Balaban J connectivity index is 1.62. The summed E-state index contributed by atoms with van der Waals surface area (Å²) in [5, 5.41) is 0. The normalized spacial score (nSPS) is 16.6. The quantitative estimate of drug-likeness (QED) is 0.769. The fraction of sp³-hybridized carbons (Fsp3) is 0.538. The van der Waals surface area contributed by atoms with Crippen LogP contribution in [0.15, 0.2) is 28.7 Å². The summed E-state index contributed by atoms with van der Waals surface area (Å²) in [5.41, 5.74) is 0. The molecule has 1 aliphatic heterocycles. The van der Waals surface area contributed by atoms with E-state index in [9.17, 15) is 0 Å². The van der Waals surface area contributed by atoms with Crippen LogP contribution in [0.1, 0.15) is 19.3 Å². The highest BCUT2D eigenvalue weighted by Crippen LogP contribution is 2.16. The van der Waals surface area contributed by atoms with E-state index in [-0.39, 0.29) is 0 Å². The lowest BCUT2D eigenvalue weighted by Crippen LogP contribution is -2.21. The molecule has 1 aliphatic rings. The number of likely N-dealkylation sites (tertiary alicyclic amines) is 1. The third-order valence-electron chi connectivity index (χ3n) is 2.90. The summed E-state index contributed by atoms with van der Waals surface area (Å²) in [7, 11) is 0. The first-order valence-electron chi connectivity index (χ1n) is 5.95. The Kier molecular flexibility index (Phi) is 4.67. The molecule has 2 rings (SSSR count). The van der Waals surface area contributed by atoms with Crippen molar-refractivity contribution < 1.29 is 4.74 Å². The van der Waals surface area contributed by atoms with E-state index >= 15 is 0 Å². The van der Waals surface area contributed by atoms with Gasteiger partial charge in [0.05, 0.1) is 6.61 Å². The molecule has 0 amide bonds. The molecule has 0 saturated carbocycles. The highest BCUT2D eigenvalue weighted by atomic mass is 79.9. The van der Waals surface area contributed by atoms with Gasteiger partial charge in [-0.05, 0) is 56.6 Å². The molecular formula is C13H18BrNO. The third-order valence-corrected chi connectivity index (χ3v) is 3.43. The molecule has 16 heavy (non-hydrogen) atoms. The highest BCUT2D eigenvalue weighted by molar-refractivity contribution is 9.10. The number of rotatable bonds is 5. The monoisotopic (exact) mass is 283 g/mol. The van der Waals surface area contributed by atoms with Gasteiger partial charge in [0.2, 0.25) is 0 Å². The van der Waals surface area contributed by atoms with E-state index in [2.05, 4.69) is 20.8 Å². The van der Waals surface area contributed by atoms with E-state index in [0.29, 0.717) is 0 Å². The van der Waals surface area contributed by atoms with Crippen molar-refractivity contribution in [2.24, 2.45) is 0 Å². The van der Waals surface area contributed by atoms with Crippen LogP contribution in [-0.4, -0.2) is 31.1 Å². The zero-order chi connectivity index (χ0) is 11.2. The Bertz CT molecular complexity index is 306. The molecule has 1 aromatic carbocycles. The molecule has 1 aromatic rings. The maximum atomic E-state index is 5.67. The molecule has 0 aromatic heterocycles. The smallest absolute Gasteiger partial charge is 0.119 e. The van der Waals surface area contributed by atoms with Gasteiger partial charge < -0.3 is 9.64 Å². The Morgan fingerprint density at radius 3 is 2.50 bits per heavy atom. The van der Waals surface area contributed by atoms with Crippen molar-refractivity contribution in [2.45, 2.75) is 19.3 Å². The minimum absolute atomic E-state index is 0.818. The van der Waals surface area contributed by atoms with Gasteiger partial charge in [0.25, 0.3) is 0 Å². The van der Waals surface area contributed by atoms with Gasteiger partial charge in [-0.1, -0.05) is 15.9 Å². The van der Waals surface area contributed by atoms with Crippen molar-refractivity contribution in [2.75, 3.05) is 26.2 Å². The number of hydrogen-bond acceptors (Lipinski definition) is 2. The van der Waals surface area contributed by atoms with Crippen molar-refractivity contribution in [3.05, 3.63) is 28.7 Å². The summed E-state index contributed by atoms with van der Waals surface area (Å²) in [5.74, 6) is 0.963. The average molecular weight is 284 g/mol. The van der Waals surface area contributed by atoms with Gasteiger partial charge >= 0.3 is 0 Å². The van der Waals surface area contributed by atoms with Crippen LogP contribution in [0.5, 0.6) is 5.75 Å². The van der Waals surface area contributed by atoms with Crippen molar-refractivity contribution in [3.63, 3.8) is 0 Å². The van der Waals surface area contributed by atoms with E-state index in [1.807, 2.05) is 24.3 Å². The molecule has 0 bridgehead atoms. The number of benzene rings is 1. The first kappa shape index (κ1) is 11.9. The van der Waals surface area contributed by atoms with Gasteiger partial charge in [0.1, 0.15) is 5.75 Å². The van der Waals surface area contributed by atoms with Crippen LogP contribution >= 0.6 is 15.9 Å². The van der Waals surface area contributed by atoms with Gasteiger partial charge in [-0.3, -0.25) is 0 Å². The molecule has 0 unspecified atom stereocenters. The second-order valence-corrected chi connectivity index (χ2v) is 5.12. The second-order valence-electron chi connectivity index (χ2n) is 4.20. The summed E-state index contributed by atoms with van der Waals surface area (Å²) < 4.78 is 6.77. The Morgan fingerprint density at radius 1 is 1.12 bits per heavy atom. The zero-order valence-electron chi connectivity index (χ0n) is 9.49. The SMILES string of the molecule is Brc1ccc(OCCCN2CCCC2)cc1. The lowest BCUT2D eigenvalue weighted by atomic mass is 10.3. The van der Waals surface area contributed by atoms with Crippen LogP contribution < -0.4 is 4.74 Å². The predicted molar refractivity (Wildman–Crippen MR) is 69.9 cm³/mol. The summed E-state index contributed by atoms with van der Waals surface area (Å²) in [6.07, 6.45) is 3.86. The zero-order valence-corrected chi connectivity index (χ0v) is 11.1. The summed E-state index contributed by atoms with van der Waals surface area (Å²) in [4.78, 5) is 2.52. The second kappa shape index (κ2) is 6.26. The van der Waals surface area contributed by atoms with Gasteiger partial charge in [-0.15, -0.1) is 0 Å². The first-order chi connectivity index (χ1) is 7.84. The average Bonchev–Trinajstić information content (AvgIpc) is 2.80. The topological polar surface area (TPSA) is 12.5 Å². The first-order valence-corrected chi connectivity index (χ1v) is 6.74. The predicted octanol–water partition coefficient (Wildman–Crippen LogP) is 3.31. The van der Waals surface area contributed by atoms with E-state index in [4.69, 9.17) is 4.74 Å². The minimum atomic E-state index is 0.818. The van der Waals surface area contributed by atoms with Gasteiger partial charge in [0, 0.05) is 11.0 Å². The molecule has 0 aliphatic carbocycles. The minimum Gasteiger partial charge on any atom is -0.494 e. The van der Waals surface area contributed by atoms with Gasteiger partial charge in [-0.2, -0.15) is 0 Å². The molecule has 88 valence electrons. The fourth-order valence-electron chi connectivity index (χ4n) is 2.02. The lowest BCUT2D eigenvalue weighted by molar-refractivity contribution is 0.263. The largest absolute Gasteiger partial charge is 0.494 e. The molecule has 1 heterocycles. The summed E-state index contributed by atoms with van der Waals surface area (Å²) in [6, 6.07) is 8.02. The lowest BCUT2D eigenvalue weighted by Gasteiger charge is -2.14. The Hall–Kier alpha value is -0.540. The summed E-state index contributed by atoms with van der Waals surface area (Å²) in [6.45, 7) is 4.55. The molecule has 0 spiro atoms. The molecule has 0 radical (unpaired) electrons. The number of ether oxygens (including phenoxy) is 1. The van der Waals surface area contributed by atoms with E-state index in [1.54, 1.807) is 0 Å². The molecular weight excluding hydrogens is 266 g/mol. The molecule has 0 atom stereocenters. The number of nitrogens with zero attached hydrogens (tertiary/aromatic N) is 1. The van der Waals surface area contributed by atoms with Crippen LogP contribution in [0.4, 0.5) is 0 Å². The van der Waals surface area contributed by atoms with Crippen LogP contribution in [0.2, 0.25) is 0 Å². The molecule has 2 nitrogen and oxygen atoms in total. The van der Waals surface area contributed by atoms with E-state index in [0.717, 1.165) is 23.2 Å². The van der Waals surface area contributed by atoms with E-state index in [1.165, 1.54) is 32.5 Å². The standard InChI is InChI=1S/C13H18BrNO/c14-12-4-6-13(7-5-12)16-11-3-10-15-8-1-2-9-15/h4-7H,1-3,8-11H2. The Labute approximate surface area is 106 Å². The van der Waals surface area contributed by atoms with Crippen LogP contribution in [0, 0.1) is 0 Å². The van der Waals surface area contributed by atoms with Crippen molar-refractivity contribution in [1.82, 2.24) is 4.90 Å². The molecule has 3 heteroatoms. The third kappa shape index (κ3) is 3.80. The van der Waals surface area contributed by atoms with Gasteiger partial charge in [0.15, 0.2) is 0 Å². The van der Waals surface area contributed by atoms with Gasteiger partial charge in [-0.25, -0.2) is 0 Å². The molecule has 0 N–H and O–H groups in total. The maximum Gasteiger partial charge on any atom is 0.119 e. The van der Waals surface area contributed by atoms with Crippen LogP contribution in [0.3, 0.4) is 0 Å². The van der Waals surface area contributed by atoms with Crippen LogP contribution in [0.25, 0.3) is 0 Å². The highest BCUT2D eigenvalue weighted by Gasteiger charge is 2.10.